The van der Waals surface area contributed by atoms with Crippen molar-refractivity contribution in [3.8, 4) is 0 Å². The van der Waals surface area contributed by atoms with Gasteiger partial charge in [0.25, 0.3) is 0 Å². The minimum atomic E-state index is -0.283. The Labute approximate surface area is 94.0 Å². The van der Waals surface area contributed by atoms with Gasteiger partial charge in [-0.05, 0) is 44.9 Å². The molecule has 1 rings (SSSR count). The maximum Gasteiger partial charge on any atom is 0.0866 e. The lowest BCUT2D eigenvalue weighted by atomic mass is 9.79. The van der Waals surface area contributed by atoms with Crippen molar-refractivity contribution in [1.82, 2.24) is 0 Å². The average Bonchev–Trinajstić information content (AvgIpc) is 2.11. The van der Waals surface area contributed by atoms with E-state index in [4.69, 9.17) is 4.74 Å². The largest absolute Gasteiger partial charge is 0.390 e. The number of aliphatic hydroxyl groups excluding tert-OH is 1. The van der Waals surface area contributed by atoms with Crippen molar-refractivity contribution in [2.45, 2.75) is 71.7 Å². The zero-order chi connectivity index (χ0) is 11.6. The van der Waals surface area contributed by atoms with E-state index in [2.05, 4.69) is 34.6 Å². The highest BCUT2D eigenvalue weighted by molar-refractivity contribution is 4.85. The third kappa shape index (κ3) is 3.46. The lowest BCUT2D eigenvalue weighted by Crippen LogP contribution is -2.45. The van der Waals surface area contributed by atoms with E-state index in [1.54, 1.807) is 0 Å². The van der Waals surface area contributed by atoms with E-state index in [1.165, 1.54) is 6.42 Å². The van der Waals surface area contributed by atoms with Crippen molar-refractivity contribution in [1.29, 1.82) is 0 Å². The molecule has 0 amide bonds. The first kappa shape index (κ1) is 13.0. The second-order valence-corrected chi connectivity index (χ2v) is 5.82. The quantitative estimate of drug-likeness (QED) is 0.782. The van der Waals surface area contributed by atoms with Crippen LogP contribution in [0.3, 0.4) is 0 Å². The zero-order valence-corrected chi connectivity index (χ0v) is 10.8. The molecule has 0 spiro atoms. The molecule has 2 heteroatoms. The molecule has 1 aliphatic carbocycles. The number of ether oxygens (including phenoxy) is 1. The minimum absolute atomic E-state index is 0.0242. The summed E-state index contributed by atoms with van der Waals surface area (Å²) in [6, 6.07) is 0. The highest BCUT2D eigenvalue weighted by Gasteiger charge is 2.36. The predicted octanol–water partition coefficient (Wildman–Crippen LogP) is 2.99. The van der Waals surface area contributed by atoms with Gasteiger partial charge in [0.05, 0.1) is 17.8 Å². The van der Waals surface area contributed by atoms with E-state index < -0.39 is 0 Å². The lowest BCUT2D eigenvalue weighted by Gasteiger charge is -2.41. The van der Waals surface area contributed by atoms with E-state index in [1.807, 2.05) is 0 Å². The Morgan fingerprint density at radius 2 is 1.87 bits per heavy atom. The van der Waals surface area contributed by atoms with Crippen LogP contribution in [-0.4, -0.2) is 22.9 Å². The Balaban J connectivity index is 2.60. The summed E-state index contributed by atoms with van der Waals surface area (Å²) in [5.41, 5.74) is -0.111. The topological polar surface area (TPSA) is 29.5 Å². The number of rotatable bonds is 3. The van der Waals surface area contributed by atoms with Crippen LogP contribution in [0.5, 0.6) is 0 Å². The minimum Gasteiger partial charge on any atom is -0.390 e. The Bertz CT molecular complexity index is 189. The molecule has 90 valence electrons. The van der Waals surface area contributed by atoms with Gasteiger partial charge in [-0.3, -0.25) is 0 Å². The normalized spacial score (nSPS) is 38.0. The van der Waals surface area contributed by atoms with Gasteiger partial charge in [-0.1, -0.05) is 20.8 Å². The summed E-state index contributed by atoms with van der Waals surface area (Å²) in [7, 11) is 0. The van der Waals surface area contributed by atoms with Crippen LogP contribution in [0.4, 0.5) is 0 Å². The fraction of sp³-hybridized carbons (Fsp3) is 1.00. The van der Waals surface area contributed by atoms with Crippen LogP contribution in [0.2, 0.25) is 0 Å². The highest BCUT2D eigenvalue weighted by Crippen LogP contribution is 2.33. The van der Waals surface area contributed by atoms with Crippen molar-refractivity contribution < 1.29 is 9.84 Å². The van der Waals surface area contributed by atoms with Gasteiger partial charge >= 0.3 is 0 Å². The van der Waals surface area contributed by atoms with Crippen LogP contribution in [0.25, 0.3) is 0 Å². The summed E-state index contributed by atoms with van der Waals surface area (Å²) in [4.78, 5) is 0. The van der Waals surface area contributed by atoms with Crippen LogP contribution < -0.4 is 0 Å². The number of hydrogen-bond acceptors (Lipinski definition) is 2. The first-order chi connectivity index (χ1) is 6.85. The predicted molar refractivity (Wildman–Crippen MR) is 62.8 cm³/mol. The van der Waals surface area contributed by atoms with Gasteiger partial charge in [0.1, 0.15) is 0 Å². The van der Waals surface area contributed by atoms with Gasteiger partial charge in [-0.25, -0.2) is 0 Å². The smallest absolute Gasteiger partial charge is 0.0866 e. The van der Waals surface area contributed by atoms with E-state index >= 15 is 0 Å². The monoisotopic (exact) mass is 214 g/mol. The van der Waals surface area contributed by atoms with Crippen molar-refractivity contribution in [3.63, 3.8) is 0 Å². The summed E-state index contributed by atoms with van der Waals surface area (Å²) in [6.45, 7) is 10.7. The molecule has 1 N–H and O–H groups in total. The summed E-state index contributed by atoms with van der Waals surface area (Å²) in [5.74, 6) is 1.09. The summed E-state index contributed by atoms with van der Waals surface area (Å²) in [6.07, 6.45) is 2.78. The van der Waals surface area contributed by atoms with Gasteiger partial charge in [0.15, 0.2) is 0 Å². The second kappa shape index (κ2) is 4.84. The van der Waals surface area contributed by atoms with Crippen molar-refractivity contribution >= 4 is 0 Å². The standard InChI is InChI=1S/C13H26O2/c1-6-13(4,5)15-12-10(3)7-9(2)8-11(12)14/h9-12,14H,6-8H2,1-5H3. The van der Waals surface area contributed by atoms with Crippen molar-refractivity contribution in [2.24, 2.45) is 11.8 Å². The van der Waals surface area contributed by atoms with Gasteiger partial charge in [-0.15, -0.1) is 0 Å². The SMILES string of the molecule is CCC(C)(C)OC1C(C)CC(C)CC1O. The van der Waals surface area contributed by atoms with Crippen LogP contribution >= 0.6 is 0 Å². The van der Waals surface area contributed by atoms with E-state index in [0.717, 1.165) is 12.8 Å². The molecule has 0 saturated heterocycles. The first-order valence-corrected chi connectivity index (χ1v) is 6.21. The van der Waals surface area contributed by atoms with Gasteiger partial charge in [-0.2, -0.15) is 0 Å². The fourth-order valence-corrected chi connectivity index (χ4v) is 2.44. The molecule has 0 heterocycles. The van der Waals surface area contributed by atoms with E-state index in [-0.39, 0.29) is 17.8 Å². The number of hydrogen-bond donors (Lipinski definition) is 1. The molecule has 0 radical (unpaired) electrons. The molecule has 0 bridgehead atoms. The first-order valence-electron chi connectivity index (χ1n) is 6.21. The molecule has 4 unspecified atom stereocenters. The Morgan fingerprint density at radius 3 is 2.33 bits per heavy atom. The highest BCUT2D eigenvalue weighted by atomic mass is 16.5. The molecule has 0 aliphatic heterocycles. The van der Waals surface area contributed by atoms with E-state index in [0.29, 0.717) is 11.8 Å². The molecule has 4 atom stereocenters. The Morgan fingerprint density at radius 1 is 1.27 bits per heavy atom. The molecule has 1 aliphatic rings. The summed E-state index contributed by atoms with van der Waals surface area (Å²) in [5, 5.41) is 10.0. The van der Waals surface area contributed by atoms with Gasteiger partial charge in [0, 0.05) is 0 Å². The van der Waals surface area contributed by atoms with Gasteiger partial charge in [0.2, 0.25) is 0 Å². The second-order valence-electron chi connectivity index (χ2n) is 5.82. The lowest BCUT2D eigenvalue weighted by molar-refractivity contribution is -0.159. The van der Waals surface area contributed by atoms with Crippen molar-refractivity contribution in [2.75, 3.05) is 0 Å². The van der Waals surface area contributed by atoms with Crippen LogP contribution in [-0.2, 0) is 4.74 Å². The summed E-state index contributed by atoms with van der Waals surface area (Å²) < 4.78 is 6.05. The molecular weight excluding hydrogens is 188 g/mol. The maximum absolute atomic E-state index is 10.0. The fourth-order valence-electron chi connectivity index (χ4n) is 2.44. The molecule has 0 aromatic carbocycles. The third-order valence-electron chi connectivity index (χ3n) is 3.66. The number of aliphatic hydroxyl groups is 1. The summed E-state index contributed by atoms with van der Waals surface area (Å²) >= 11 is 0. The average molecular weight is 214 g/mol. The Hall–Kier alpha value is -0.0800. The van der Waals surface area contributed by atoms with Crippen molar-refractivity contribution in [3.05, 3.63) is 0 Å². The van der Waals surface area contributed by atoms with E-state index in [9.17, 15) is 5.11 Å². The molecule has 0 aromatic rings. The third-order valence-corrected chi connectivity index (χ3v) is 3.66. The molecule has 2 nitrogen and oxygen atoms in total. The molecule has 1 saturated carbocycles. The maximum atomic E-state index is 10.0. The molecule has 1 fully saturated rings. The molecular formula is C13H26O2. The van der Waals surface area contributed by atoms with Crippen LogP contribution in [0, 0.1) is 11.8 Å². The van der Waals surface area contributed by atoms with Crippen LogP contribution in [0.15, 0.2) is 0 Å². The molecule has 0 aromatic heterocycles. The Kier molecular flexibility index (Phi) is 4.19. The zero-order valence-electron chi connectivity index (χ0n) is 10.8. The van der Waals surface area contributed by atoms with Gasteiger partial charge < -0.3 is 9.84 Å². The molecule has 15 heavy (non-hydrogen) atoms. The van der Waals surface area contributed by atoms with Crippen LogP contribution in [0.1, 0.15) is 53.9 Å².